The van der Waals surface area contributed by atoms with E-state index in [9.17, 15) is 20.1 Å². The molecule has 0 saturated heterocycles. The van der Waals surface area contributed by atoms with Crippen LogP contribution in [0.25, 0.3) is 0 Å². The first-order valence-corrected chi connectivity index (χ1v) is 16.4. The lowest BCUT2D eigenvalue weighted by atomic mass is 9.58. The van der Waals surface area contributed by atoms with Crippen molar-refractivity contribution in [3.8, 4) is 0 Å². The van der Waals surface area contributed by atoms with Crippen LogP contribution in [-0.2, 0) is 16.0 Å². The highest BCUT2D eigenvalue weighted by Gasteiger charge is 2.70. The van der Waals surface area contributed by atoms with Gasteiger partial charge >= 0.3 is 5.97 Å². The number of carbonyl (C=O) groups is 1. The monoisotopic (exact) mass is 621 g/mol. The minimum atomic E-state index is -3.04. The summed E-state index contributed by atoms with van der Waals surface area (Å²) >= 11 is 0. The molecule has 10 atom stereocenters. The van der Waals surface area contributed by atoms with Gasteiger partial charge in [0, 0.05) is 19.1 Å². The SMILES string of the molecule is [2H]C([2H])([2H])C(C)(OC(=O)C(C)CC(C)/C=C\C(C)[C@]1(C)[C@@H](C(C)C[C@@](C)(O)C(C)Cc2cccc(C)c2C)[C@H](O)C(C)(C)[C@]1(C)O)C([2H])([2H])[2H]. The third kappa shape index (κ3) is 7.81. The predicted molar refractivity (Wildman–Crippen MR) is 182 cm³/mol. The van der Waals surface area contributed by atoms with Gasteiger partial charge in [-0.3, -0.25) is 4.79 Å². The van der Waals surface area contributed by atoms with Crippen LogP contribution in [0.4, 0.5) is 0 Å². The molecule has 1 aliphatic carbocycles. The molecular formula is C39H66O5. The third-order valence-corrected chi connectivity index (χ3v) is 11.8. The maximum absolute atomic E-state index is 13.0. The van der Waals surface area contributed by atoms with Gasteiger partial charge in [0.15, 0.2) is 0 Å². The van der Waals surface area contributed by atoms with E-state index in [0.717, 1.165) is 13.3 Å². The number of benzene rings is 1. The highest BCUT2D eigenvalue weighted by molar-refractivity contribution is 5.72. The van der Waals surface area contributed by atoms with Crippen molar-refractivity contribution < 1.29 is 33.1 Å². The minimum absolute atomic E-state index is 0.0620. The Morgan fingerprint density at radius 2 is 1.66 bits per heavy atom. The molecule has 0 spiro atoms. The summed E-state index contributed by atoms with van der Waals surface area (Å²) < 4.78 is 51.5. The summed E-state index contributed by atoms with van der Waals surface area (Å²) in [5.74, 6) is -2.67. The van der Waals surface area contributed by atoms with E-state index in [1.54, 1.807) is 13.8 Å². The number of allylic oxidation sites excluding steroid dienone is 2. The van der Waals surface area contributed by atoms with Crippen molar-refractivity contribution in [2.75, 3.05) is 0 Å². The van der Waals surface area contributed by atoms with Gasteiger partial charge in [-0.1, -0.05) is 85.7 Å². The molecule has 1 saturated carbocycles. The third-order valence-electron chi connectivity index (χ3n) is 11.8. The van der Waals surface area contributed by atoms with E-state index in [0.29, 0.717) is 6.42 Å². The molecule has 1 fully saturated rings. The van der Waals surface area contributed by atoms with Gasteiger partial charge in [0.2, 0.25) is 0 Å². The summed E-state index contributed by atoms with van der Waals surface area (Å²) in [5, 5.41) is 36.1. The topological polar surface area (TPSA) is 87.0 Å². The molecule has 1 aromatic rings. The Labute approximate surface area is 278 Å². The zero-order chi connectivity index (χ0) is 39.2. The second-order valence-corrected chi connectivity index (χ2v) is 15.8. The van der Waals surface area contributed by atoms with E-state index < -0.39 is 59.3 Å². The number of hydrogen-bond acceptors (Lipinski definition) is 5. The Morgan fingerprint density at radius 1 is 1.07 bits per heavy atom. The van der Waals surface area contributed by atoms with Crippen LogP contribution in [0, 0.1) is 60.2 Å². The molecular weight excluding hydrogens is 548 g/mol. The lowest BCUT2D eigenvalue weighted by Crippen LogP contribution is -2.53. The second-order valence-electron chi connectivity index (χ2n) is 15.8. The van der Waals surface area contributed by atoms with Gasteiger partial charge in [0.25, 0.3) is 0 Å². The Kier molecular flexibility index (Phi) is 9.16. The summed E-state index contributed by atoms with van der Waals surface area (Å²) in [6.45, 7) is 18.1. The Morgan fingerprint density at radius 3 is 2.23 bits per heavy atom. The van der Waals surface area contributed by atoms with Crippen LogP contribution < -0.4 is 0 Å². The first-order valence-electron chi connectivity index (χ1n) is 19.4. The largest absolute Gasteiger partial charge is 0.460 e. The number of rotatable bonds is 12. The molecule has 2 rings (SSSR count). The second kappa shape index (κ2) is 13.6. The number of aliphatic hydroxyl groups is 3. The molecule has 0 aliphatic heterocycles. The highest BCUT2D eigenvalue weighted by Crippen LogP contribution is 2.65. The van der Waals surface area contributed by atoms with E-state index in [1.165, 1.54) is 16.7 Å². The fraction of sp³-hybridized carbons (Fsp3) is 0.769. The molecule has 252 valence electrons. The van der Waals surface area contributed by atoms with Crippen molar-refractivity contribution in [1.82, 2.24) is 0 Å². The molecule has 5 unspecified atom stereocenters. The smallest absolute Gasteiger partial charge is 0.309 e. The van der Waals surface area contributed by atoms with Crippen molar-refractivity contribution >= 4 is 5.97 Å². The molecule has 44 heavy (non-hydrogen) atoms. The van der Waals surface area contributed by atoms with Crippen LogP contribution in [0.5, 0.6) is 0 Å². The van der Waals surface area contributed by atoms with Crippen LogP contribution in [0.2, 0.25) is 0 Å². The molecule has 1 aromatic carbocycles. The van der Waals surface area contributed by atoms with Crippen LogP contribution in [-0.4, -0.2) is 44.2 Å². The van der Waals surface area contributed by atoms with Gasteiger partial charge in [-0.25, -0.2) is 0 Å². The minimum Gasteiger partial charge on any atom is -0.460 e. The van der Waals surface area contributed by atoms with Crippen LogP contribution >= 0.6 is 0 Å². The van der Waals surface area contributed by atoms with Crippen molar-refractivity contribution in [2.45, 2.75) is 146 Å². The van der Waals surface area contributed by atoms with Gasteiger partial charge in [-0.05, 0) is 114 Å². The molecule has 0 amide bonds. The van der Waals surface area contributed by atoms with Crippen molar-refractivity contribution in [1.29, 1.82) is 0 Å². The van der Waals surface area contributed by atoms with Gasteiger partial charge in [-0.15, -0.1) is 0 Å². The maximum Gasteiger partial charge on any atom is 0.309 e. The molecule has 5 nitrogen and oxygen atoms in total. The standard InChI is InChI=1S/C39H66O5/c1-24(21-26(3)34(41)44-35(8,9)10)19-20-28(5)38(14)32(33(40)36(11,12)39(38,15)43)27(4)23-37(13,42)29(6)22-31-18-16-17-25(2)30(31)7/h16-20,24,26-29,32-33,40,42-43H,21-23H2,1-15H3/b20-19-/t24?,26?,27?,28?,29?,32-,33-,37+,38+,39-/m0/s1/i8D3,9D3. The molecule has 0 aromatic heterocycles. The van der Waals surface area contributed by atoms with Gasteiger partial charge in [0.1, 0.15) is 5.60 Å². The zero-order valence-corrected chi connectivity index (χ0v) is 29.7. The Bertz CT molecular complexity index is 1350. The number of hydrogen-bond donors (Lipinski definition) is 3. The van der Waals surface area contributed by atoms with E-state index in [1.807, 2.05) is 59.8 Å². The molecule has 0 bridgehead atoms. The Balaban J connectivity index is 2.32. The quantitative estimate of drug-likeness (QED) is 0.162. The number of ether oxygens (including phenoxy) is 1. The number of esters is 1. The number of aryl methyl sites for hydroxylation is 1. The van der Waals surface area contributed by atoms with E-state index in [-0.39, 0.29) is 36.0 Å². The van der Waals surface area contributed by atoms with E-state index in [4.69, 9.17) is 13.0 Å². The number of carbonyl (C=O) groups excluding carboxylic acids is 1. The zero-order valence-electron chi connectivity index (χ0n) is 35.7. The van der Waals surface area contributed by atoms with Gasteiger partial charge in [-0.2, -0.15) is 0 Å². The lowest BCUT2D eigenvalue weighted by molar-refractivity contribution is -0.159. The average Bonchev–Trinajstić information content (AvgIpc) is 3.06. The summed E-state index contributed by atoms with van der Waals surface area (Å²) in [5.41, 5.74) is -3.00. The predicted octanol–water partition coefficient (Wildman–Crippen LogP) is 8.23. The van der Waals surface area contributed by atoms with Crippen molar-refractivity contribution in [3.05, 3.63) is 47.0 Å². The molecule has 3 N–H and O–H groups in total. The van der Waals surface area contributed by atoms with Gasteiger partial charge < -0.3 is 20.1 Å². The molecule has 0 radical (unpaired) electrons. The highest BCUT2D eigenvalue weighted by atomic mass is 16.6. The lowest BCUT2D eigenvalue weighted by Gasteiger charge is -2.50. The number of aliphatic hydroxyl groups excluding tert-OH is 1. The summed E-state index contributed by atoms with van der Waals surface area (Å²) in [4.78, 5) is 13.0. The fourth-order valence-electron chi connectivity index (χ4n) is 7.89. The van der Waals surface area contributed by atoms with E-state index in [2.05, 4.69) is 39.8 Å². The van der Waals surface area contributed by atoms with Gasteiger partial charge in [0.05, 0.1) is 23.2 Å². The summed E-state index contributed by atoms with van der Waals surface area (Å²) in [6, 6.07) is 6.25. The molecule has 5 heteroatoms. The van der Waals surface area contributed by atoms with Crippen LogP contribution in [0.15, 0.2) is 30.4 Å². The first kappa shape index (κ1) is 29.7. The van der Waals surface area contributed by atoms with E-state index >= 15 is 0 Å². The fourth-order valence-corrected chi connectivity index (χ4v) is 7.89. The Hall–Kier alpha value is -1.69. The van der Waals surface area contributed by atoms with Crippen LogP contribution in [0.1, 0.15) is 128 Å². The van der Waals surface area contributed by atoms with Crippen molar-refractivity contribution in [3.63, 3.8) is 0 Å². The summed E-state index contributed by atoms with van der Waals surface area (Å²) in [7, 11) is 0. The molecule has 0 heterocycles. The normalized spacial score (nSPS) is 33.0. The van der Waals surface area contributed by atoms with Crippen molar-refractivity contribution in [2.24, 2.45) is 46.3 Å². The molecule has 1 aliphatic rings. The maximum atomic E-state index is 13.0. The average molecular weight is 621 g/mol. The first-order chi connectivity index (χ1) is 22.3. The summed E-state index contributed by atoms with van der Waals surface area (Å²) in [6.07, 6.45) is 4.53. The van der Waals surface area contributed by atoms with Crippen LogP contribution in [0.3, 0.4) is 0 Å².